The monoisotopic (exact) mass is 549 g/mol. The molecule has 0 saturated carbocycles. The van der Waals surface area contributed by atoms with Gasteiger partial charge in [-0.05, 0) is 72.2 Å². The fraction of sp³-hybridized carbons (Fsp3) is 0.233. The zero-order chi connectivity index (χ0) is 28.6. The Kier molecular flexibility index (Phi) is 9.23. The Labute approximate surface area is 229 Å². The fourth-order valence-corrected chi connectivity index (χ4v) is 4.43. The van der Waals surface area contributed by atoms with E-state index in [4.69, 9.17) is 5.11 Å². The normalized spacial score (nSPS) is 14.4. The summed E-state index contributed by atoms with van der Waals surface area (Å²) in [6.07, 6.45) is 4.87. The van der Waals surface area contributed by atoms with Gasteiger partial charge in [0.05, 0.1) is 12.6 Å². The van der Waals surface area contributed by atoms with Crippen LogP contribution < -0.4 is 16.0 Å². The van der Waals surface area contributed by atoms with Crippen molar-refractivity contribution in [3.63, 3.8) is 0 Å². The van der Waals surface area contributed by atoms with E-state index >= 15 is 0 Å². The molecule has 2 atom stereocenters. The van der Waals surface area contributed by atoms with Gasteiger partial charge in [-0.3, -0.25) is 4.79 Å². The van der Waals surface area contributed by atoms with E-state index in [-0.39, 0.29) is 11.3 Å². The number of hydrogen-bond acceptors (Lipinski definition) is 4. The van der Waals surface area contributed by atoms with E-state index in [0.717, 1.165) is 42.5 Å². The number of hydrogen-bond donors (Lipinski definition) is 5. The van der Waals surface area contributed by atoms with Crippen molar-refractivity contribution in [2.45, 2.75) is 37.8 Å². The number of benzene rings is 3. The number of urea groups is 1. The summed E-state index contributed by atoms with van der Waals surface area (Å²) >= 11 is 0. The van der Waals surface area contributed by atoms with Crippen LogP contribution in [0.2, 0.25) is 0 Å². The maximum absolute atomic E-state index is 13.6. The summed E-state index contributed by atoms with van der Waals surface area (Å²) in [6, 6.07) is 15.8. The zero-order valence-corrected chi connectivity index (χ0v) is 21.5. The van der Waals surface area contributed by atoms with Crippen LogP contribution in [-0.4, -0.2) is 40.8 Å². The smallest absolute Gasteiger partial charge is 0.334 e. The quantitative estimate of drug-likeness (QED) is 0.256. The number of aliphatic carboxylic acids is 1. The standard InChI is InChI=1S/C30H29F2N3O5/c31-24-15-14-23(16-25(24)32)34-30(40)35-27(20-8-6-19(7-9-20)18-4-2-1-3-5-18)21-10-12-22(13-11-21)28(37)33-17-26(36)29(38)39/h4,6-16,26-27,36H,1-3,5,17H2,(H,33,37)(H,38,39)(H2,34,35,40)/t26-,27?/m1/s1. The molecular weight excluding hydrogens is 520 g/mol. The zero-order valence-electron chi connectivity index (χ0n) is 21.5. The fourth-order valence-electron chi connectivity index (χ4n) is 4.43. The Morgan fingerprint density at radius 2 is 1.55 bits per heavy atom. The number of anilines is 1. The molecule has 8 nitrogen and oxygen atoms in total. The third-order valence-electron chi connectivity index (χ3n) is 6.61. The van der Waals surface area contributed by atoms with E-state index in [0.29, 0.717) is 5.56 Å². The molecule has 3 aromatic rings. The Balaban J connectivity index is 1.55. The molecule has 1 unspecified atom stereocenters. The van der Waals surface area contributed by atoms with Crippen molar-refractivity contribution < 1.29 is 33.4 Å². The summed E-state index contributed by atoms with van der Waals surface area (Å²) in [6.45, 7) is -0.451. The van der Waals surface area contributed by atoms with E-state index in [1.807, 2.05) is 24.3 Å². The van der Waals surface area contributed by atoms with Crippen LogP contribution in [-0.2, 0) is 4.79 Å². The van der Waals surface area contributed by atoms with E-state index in [1.54, 1.807) is 12.1 Å². The van der Waals surface area contributed by atoms with E-state index in [9.17, 15) is 28.3 Å². The van der Waals surface area contributed by atoms with Crippen LogP contribution in [0.25, 0.3) is 5.57 Å². The van der Waals surface area contributed by atoms with Gasteiger partial charge in [-0.15, -0.1) is 0 Å². The van der Waals surface area contributed by atoms with E-state index < -0.39 is 48.2 Å². The number of nitrogens with one attached hydrogen (secondary N) is 3. The lowest BCUT2D eigenvalue weighted by molar-refractivity contribution is -0.146. The molecular formula is C30H29F2N3O5. The first kappa shape index (κ1) is 28.4. The highest BCUT2D eigenvalue weighted by molar-refractivity contribution is 5.94. The van der Waals surface area contributed by atoms with Gasteiger partial charge in [-0.25, -0.2) is 18.4 Å². The highest BCUT2D eigenvalue weighted by Crippen LogP contribution is 2.29. The molecule has 0 heterocycles. The molecule has 10 heteroatoms. The molecule has 0 aliphatic heterocycles. The first-order valence-electron chi connectivity index (χ1n) is 12.8. The number of carbonyl (C=O) groups is 3. The molecule has 1 aliphatic rings. The largest absolute Gasteiger partial charge is 0.479 e. The third-order valence-corrected chi connectivity index (χ3v) is 6.61. The molecule has 40 heavy (non-hydrogen) atoms. The van der Waals surface area contributed by atoms with Crippen LogP contribution in [0, 0.1) is 11.6 Å². The van der Waals surface area contributed by atoms with Gasteiger partial charge in [-0.2, -0.15) is 0 Å². The Morgan fingerprint density at radius 1 is 0.875 bits per heavy atom. The highest BCUT2D eigenvalue weighted by Gasteiger charge is 2.20. The maximum atomic E-state index is 13.6. The molecule has 0 saturated heterocycles. The molecule has 3 aromatic carbocycles. The summed E-state index contributed by atoms with van der Waals surface area (Å²) < 4.78 is 26.9. The predicted octanol–water partition coefficient (Wildman–Crippen LogP) is 5.01. The number of carboxylic acid groups (broad SMARTS) is 1. The van der Waals surface area contributed by atoms with Crippen molar-refractivity contribution in [1.82, 2.24) is 10.6 Å². The van der Waals surface area contributed by atoms with Crippen LogP contribution in [0.1, 0.15) is 58.8 Å². The highest BCUT2D eigenvalue weighted by atomic mass is 19.2. The topological polar surface area (TPSA) is 128 Å². The van der Waals surface area contributed by atoms with Crippen LogP contribution in [0.4, 0.5) is 19.3 Å². The molecule has 0 radical (unpaired) electrons. The summed E-state index contributed by atoms with van der Waals surface area (Å²) in [7, 11) is 0. The van der Waals surface area contributed by atoms with E-state index in [1.165, 1.54) is 30.2 Å². The predicted molar refractivity (Wildman–Crippen MR) is 146 cm³/mol. The van der Waals surface area contributed by atoms with Gasteiger partial charge >= 0.3 is 12.0 Å². The average Bonchev–Trinajstić information content (AvgIpc) is 2.97. The van der Waals surface area contributed by atoms with Gasteiger partial charge in [0.1, 0.15) is 0 Å². The Bertz CT molecular complexity index is 1410. The molecule has 4 rings (SSSR count). The second-order valence-electron chi connectivity index (χ2n) is 9.44. The van der Waals surface area contributed by atoms with E-state index in [2.05, 4.69) is 22.0 Å². The number of allylic oxidation sites excluding steroid dienone is 2. The molecule has 5 N–H and O–H groups in total. The molecule has 0 fully saturated rings. The second-order valence-corrected chi connectivity index (χ2v) is 9.44. The third kappa shape index (κ3) is 7.29. The summed E-state index contributed by atoms with van der Waals surface area (Å²) in [5, 5.41) is 25.9. The SMILES string of the molecule is O=C(Nc1ccc(F)c(F)c1)NC(c1ccc(C(=O)NC[C@@H](O)C(=O)O)cc1)c1ccc(C2=CCCCC2)cc1. The molecule has 0 bridgehead atoms. The second kappa shape index (κ2) is 13.0. The van der Waals surface area contributed by atoms with Crippen LogP contribution in [0.5, 0.6) is 0 Å². The van der Waals surface area contributed by atoms with Crippen molar-refractivity contribution in [2.75, 3.05) is 11.9 Å². The molecule has 0 spiro atoms. The van der Waals surface area contributed by atoms with Crippen LogP contribution in [0.3, 0.4) is 0 Å². The number of carboxylic acids is 1. The lowest BCUT2D eigenvalue weighted by atomic mass is 9.91. The molecule has 208 valence electrons. The lowest BCUT2D eigenvalue weighted by Crippen LogP contribution is -2.36. The summed E-state index contributed by atoms with van der Waals surface area (Å²) in [4.78, 5) is 36.0. The Morgan fingerprint density at radius 3 is 2.15 bits per heavy atom. The van der Waals surface area contributed by atoms with Crippen molar-refractivity contribution in [3.8, 4) is 0 Å². The number of aliphatic hydroxyl groups is 1. The number of carbonyl (C=O) groups excluding carboxylic acids is 2. The molecule has 3 amide bonds. The van der Waals surface area contributed by atoms with Gasteiger partial charge in [0.2, 0.25) is 0 Å². The first-order chi connectivity index (χ1) is 19.2. The Hall–Kier alpha value is -4.57. The number of aliphatic hydroxyl groups excluding tert-OH is 1. The van der Waals surface area contributed by atoms with Crippen molar-refractivity contribution in [3.05, 3.63) is 107 Å². The summed E-state index contributed by atoms with van der Waals surface area (Å²) in [5.74, 6) is -4.14. The average molecular weight is 550 g/mol. The molecule has 1 aliphatic carbocycles. The summed E-state index contributed by atoms with van der Waals surface area (Å²) in [5.41, 5.74) is 4.07. The van der Waals surface area contributed by atoms with Gasteiger partial charge in [0, 0.05) is 17.3 Å². The van der Waals surface area contributed by atoms with Crippen LogP contribution >= 0.6 is 0 Å². The lowest BCUT2D eigenvalue weighted by Gasteiger charge is -2.21. The molecule has 0 aromatic heterocycles. The van der Waals surface area contributed by atoms with Crippen molar-refractivity contribution in [2.24, 2.45) is 0 Å². The first-order valence-corrected chi connectivity index (χ1v) is 12.8. The van der Waals surface area contributed by atoms with Crippen molar-refractivity contribution >= 4 is 29.2 Å². The van der Waals surface area contributed by atoms with Gasteiger partial charge < -0.3 is 26.2 Å². The number of rotatable bonds is 9. The van der Waals surface area contributed by atoms with Gasteiger partial charge in [-0.1, -0.05) is 42.5 Å². The minimum atomic E-state index is -1.72. The minimum Gasteiger partial charge on any atom is -0.479 e. The van der Waals surface area contributed by atoms with Crippen LogP contribution in [0.15, 0.2) is 72.8 Å². The minimum absolute atomic E-state index is 0.0744. The van der Waals surface area contributed by atoms with Gasteiger partial charge in [0.15, 0.2) is 17.7 Å². The van der Waals surface area contributed by atoms with Gasteiger partial charge in [0.25, 0.3) is 5.91 Å². The number of amides is 3. The maximum Gasteiger partial charge on any atom is 0.334 e. The van der Waals surface area contributed by atoms with Crippen molar-refractivity contribution in [1.29, 1.82) is 0 Å². The number of halogens is 2.